The number of nitrogens with zero attached hydrogens (tertiary/aromatic N) is 4. The molecule has 4 aromatic rings. The highest BCUT2D eigenvalue weighted by Gasteiger charge is 2.12. The molecular formula is C21H20N6OS2. The van der Waals surface area contributed by atoms with Crippen LogP contribution in [0.3, 0.4) is 0 Å². The highest BCUT2D eigenvalue weighted by molar-refractivity contribution is 7.99. The molecule has 152 valence electrons. The van der Waals surface area contributed by atoms with E-state index in [9.17, 15) is 4.79 Å². The molecule has 0 atom stereocenters. The lowest BCUT2D eigenvalue weighted by molar-refractivity contribution is 0.262. The van der Waals surface area contributed by atoms with Gasteiger partial charge in [-0.15, -0.1) is 11.8 Å². The summed E-state index contributed by atoms with van der Waals surface area (Å²) >= 11 is 3.22. The van der Waals surface area contributed by atoms with Gasteiger partial charge < -0.3 is 10.6 Å². The third kappa shape index (κ3) is 4.42. The van der Waals surface area contributed by atoms with Gasteiger partial charge in [0, 0.05) is 32.4 Å². The van der Waals surface area contributed by atoms with Crippen LogP contribution in [0.15, 0.2) is 69.7 Å². The van der Waals surface area contributed by atoms with Crippen LogP contribution in [0.5, 0.6) is 0 Å². The van der Waals surface area contributed by atoms with Crippen molar-refractivity contribution in [2.45, 2.75) is 28.7 Å². The maximum absolute atomic E-state index is 12.3. The van der Waals surface area contributed by atoms with Gasteiger partial charge in [0.25, 0.3) is 5.78 Å². The Balaban J connectivity index is 1.45. The zero-order valence-electron chi connectivity index (χ0n) is 16.7. The number of aromatic nitrogens is 4. The smallest absolute Gasteiger partial charge is 0.308 e. The van der Waals surface area contributed by atoms with Gasteiger partial charge in [0.1, 0.15) is 11.4 Å². The standard InChI is InChI=1S/C21H20N6OS2/c1-13-14(2)24-20-22-12-23-27(20)19(13)30-17-9-7-15(8-10-17)25-21(28)26-16-5-4-6-18(11-16)29-3/h4-12H,1-3H3,(H2,25,26,28). The van der Waals surface area contributed by atoms with Crippen LogP contribution in [-0.2, 0) is 0 Å². The lowest BCUT2D eigenvalue weighted by Crippen LogP contribution is -2.19. The van der Waals surface area contributed by atoms with Crippen LogP contribution >= 0.6 is 23.5 Å². The SMILES string of the molecule is CSc1cccc(NC(=O)Nc2ccc(Sc3c(C)c(C)nc4ncnn34)cc2)c1. The largest absolute Gasteiger partial charge is 0.323 e. The Hall–Kier alpha value is -3.04. The van der Waals surface area contributed by atoms with E-state index in [-0.39, 0.29) is 6.03 Å². The second-order valence-corrected chi connectivity index (χ2v) is 8.48. The van der Waals surface area contributed by atoms with E-state index >= 15 is 0 Å². The van der Waals surface area contributed by atoms with Gasteiger partial charge in [0.2, 0.25) is 0 Å². The molecule has 7 nitrogen and oxygen atoms in total. The summed E-state index contributed by atoms with van der Waals surface area (Å²) in [6.07, 6.45) is 3.51. The number of hydrogen-bond acceptors (Lipinski definition) is 6. The molecule has 2 heterocycles. The van der Waals surface area contributed by atoms with E-state index in [0.717, 1.165) is 31.8 Å². The second-order valence-electron chi connectivity index (χ2n) is 6.54. The Morgan fingerprint density at radius 2 is 1.77 bits per heavy atom. The third-order valence-corrected chi connectivity index (χ3v) is 6.41. The summed E-state index contributed by atoms with van der Waals surface area (Å²) in [5.41, 5.74) is 3.46. The van der Waals surface area contributed by atoms with Crippen molar-refractivity contribution in [3.05, 3.63) is 66.1 Å². The topological polar surface area (TPSA) is 84.2 Å². The van der Waals surface area contributed by atoms with Gasteiger partial charge in [0.15, 0.2) is 0 Å². The van der Waals surface area contributed by atoms with Crippen molar-refractivity contribution in [2.75, 3.05) is 16.9 Å². The average molecular weight is 437 g/mol. The molecule has 2 N–H and O–H groups in total. The van der Waals surface area contributed by atoms with E-state index in [2.05, 4.69) is 25.7 Å². The minimum absolute atomic E-state index is 0.279. The summed E-state index contributed by atoms with van der Waals surface area (Å²) in [4.78, 5) is 23.1. The van der Waals surface area contributed by atoms with Crippen molar-refractivity contribution in [1.82, 2.24) is 19.6 Å². The highest BCUT2D eigenvalue weighted by atomic mass is 32.2. The Morgan fingerprint density at radius 1 is 1.00 bits per heavy atom. The zero-order chi connectivity index (χ0) is 21.1. The Labute approximate surface area is 182 Å². The van der Waals surface area contributed by atoms with Crippen LogP contribution < -0.4 is 10.6 Å². The maximum Gasteiger partial charge on any atom is 0.323 e. The summed E-state index contributed by atoms with van der Waals surface area (Å²) in [6.45, 7) is 3.99. The molecule has 30 heavy (non-hydrogen) atoms. The minimum Gasteiger partial charge on any atom is -0.308 e. The predicted molar refractivity (Wildman–Crippen MR) is 122 cm³/mol. The van der Waals surface area contributed by atoms with E-state index in [1.807, 2.05) is 68.6 Å². The third-order valence-electron chi connectivity index (χ3n) is 4.51. The molecule has 0 saturated carbocycles. The number of carbonyl (C=O) groups excluding carboxylic acids is 1. The van der Waals surface area contributed by atoms with Gasteiger partial charge in [-0.1, -0.05) is 17.8 Å². The Kier molecular flexibility index (Phi) is 5.91. The molecule has 0 aliphatic heterocycles. The van der Waals surface area contributed by atoms with Crippen LogP contribution in [0, 0.1) is 13.8 Å². The molecule has 2 amide bonds. The average Bonchev–Trinajstić information content (AvgIpc) is 3.20. The number of hydrogen-bond donors (Lipinski definition) is 2. The Bertz CT molecular complexity index is 1210. The molecule has 4 rings (SSSR count). The molecule has 2 aromatic heterocycles. The van der Waals surface area contributed by atoms with Gasteiger partial charge in [-0.05, 0) is 62.6 Å². The number of benzene rings is 2. The van der Waals surface area contributed by atoms with Crippen LogP contribution in [0.4, 0.5) is 16.2 Å². The number of rotatable bonds is 5. The van der Waals surface area contributed by atoms with Crippen LogP contribution in [0.1, 0.15) is 11.3 Å². The second kappa shape index (κ2) is 8.76. The van der Waals surface area contributed by atoms with Crippen LogP contribution in [0.25, 0.3) is 5.78 Å². The lowest BCUT2D eigenvalue weighted by atomic mass is 10.3. The molecule has 0 spiro atoms. The molecule has 9 heteroatoms. The van der Waals surface area contributed by atoms with E-state index in [0.29, 0.717) is 11.5 Å². The van der Waals surface area contributed by atoms with Crippen molar-refractivity contribution >= 4 is 46.7 Å². The number of aryl methyl sites for hydroxylation is 1. The van der Waals surface area contributed by atoms with Gasteiger partial charge in [0.05, 0.1) is 0 Å². The van der Waals surface area contributed by atoms with E-state index in [4.69, 9.17) is 0 Å². The summed E-state index contributed by atoms with van der Waals surface area (Å²) in [7, 11) is 0. The molecule has 0 radical (unpaired) electrons. The molecule has 0 saturated heterocycles. The molecule has 0 fully saturated rings. The van der Waals surface area contributed by atoms with Crippen LogP contribution in [0.2, 0.25) is 0 Å². The minimum atomic E-state index is -0.279. The molecule has 0 bridgehead atoms. The predicted octanol–water partition coefficient (Wildman–Crippen LogP) is 5.26. The quantitative estimate of drug-likeness (QED) is 0.328. The van der Waals surface area contributed by atoms with Gasteiger partial charge >= 0.3 is 6.03 Å². The first kappa shape index (κ1) is 20.2. The summed E-state index contributed by atoms with van der Waals surface area (Å²) < 4.78 is 1.75. The number of nitrogens with one attached hydrogen (secondary N) is 2. The zero-order valence-corrected chi connectivity index (χ0v) is 18.3. The normalized spacial score (nSPS) is 10.9. The van der Waals surface area contributed by atoms with Crippen molar-refractivity contribution in [1.29, 1.82) is 0 Å². The molecule has 2 aromatic carbocycles. The van der Waals surface area contributed by atoms with Gasteiger partial charge in [-0.25, -0.2) is 9.78 Å². The fraction of sp³-hybridized carbons (Fsp3) is 0.143. The van der Waals surface area contributed by atoms with Crippen LogP contribution in [-0.4, -0.2) is 31.9 Å². The Morgan fingerprint density at radius 3 is 2.53 bits per heavy atom. The summed E-state index contributed by atoms with van der Waals surface area (Å²) in [5, 5.41) is 11.0. The van der Waals surface area contributed by atoms with Gasteiger partial charge in [-0.3, -0.25) is 0 Å². The van der Waals surface area contributed by atoms with E-state index in [1.54, 1.807) is 28.0 Å². The van der Waals surface area contributed by atoms with Crippen molar-refractivity contribution in [2.24, 2.45) is 0 Å². The number of amides is 2. The fourth-order valence-corrected chi connectivity index (χ4v) is 4.31. The maximum atomic E-state index is 12.3. The van der Waals surface area contributed by atoms with Gasteiger partial charge in [-0.2, -0.15) is 14.6 Å². The summed E-state index contributed by atoms with van der Waals surface area (Å²) in [5.74, 6) is 0.584. The number of anilines is 2. The summed E-state index contributed by atoms with van der Waals surface area (Å²) in [6, 6.07) is 15.1. The van der Waals surface area contributed by atoms with E-state index in [1.165, 1.54) is 6.33 Å². The van der Waals surface area contributed by atoms with E-state index < -0.39 is 0 Å². The van der Waals surface area contributed by atoms with Crippen molar-refractivity contribution in [3.63, 3.8) is 0 Å². The number of carbonyl (C=O) groups is 1. The monoisotopic (exact) mass is 436 g/mol. The number of urea groups is 1. The fourth-order valence-electron chi connectivity index (χ4n) is 2.83. The highest BCUT2D eigenvalue weighted by Crippen LogP contribution is 2.31. The van der Waals surface area contributed by atoms with Crippen molar-refractivity contribution in [3.8, 4) is 0 Å². The number of thioether (sulfide) groups is 1. The first-order valence-electron chi connectivity index (χ1n) is 9.20. The number of fused-ring (bicyclic) bond motifs is 1. The first-order valence-corrected chi connectivity index (χ1v) is 11.2. The molecule has 0 aliphatic rings. The first-order chi connectivity index (χ1) is 14.5. The van der Waals surface area contributed by atoms with Crippen molar-refractivity contribution < 1.29 is 4.79 Å². The molecular weight excluding hydrogens is 416 g/mol. The molecule has 0 aliphatic carbocycles. The lowest BCUT2D eigenvalue weighted by Gasteiger charge is -2.11. The molecule has 0 unspecified atom stereocenters.